The van der Waals surface area contributed by atoms with E-state index in [1.54, 1.807) is 0 Å². The van der Waals surface area contributed by atoms with Gasteiger partial charge in [-0.15, -0.1) is 0 Å². The second-order valence-electron chi connectivity index (χ2n) is 11.3. The fourth-order valence-corrected chi connectivity index (χ4v) is 5.88. The molecule has 38 heavy (non-hydrogen) atoms. The minimum atomic E-state index is -1.31. The predicted molar refractivity (Wildman–Crippen MR) is 149 cm³/mol. The zero-order chi connectivity index (χ0) is 26.8. The van der Waals surface area contributed by atoms with E-state index in [9.17, 15) is 9.90 Å². The third kappa shape index (κ3) is 5.51. The Kier molecular flexibility index (Phi) is 7.63. The van der Waals surface area contributed by atoms with Crippen molar-refractivity contribution in [3.63, 3.8) is 0 Å². The topological polar surface area (TPSA) is 129 Å². The minimum absolute atomic E-state index is 0.0262. The minimum Gasteiger partial charge on any atom is -0.465 e. The standard InChI is InChI=1S/C29H39N7O2/c1-17-12-14-20(15-13-17)16-36-23-25(31-19(3)22-10-7-11-22)33-27(24(30)32-29(37)38)34-26(23)35-28(36)18(2)21-8-5-4-6-9-21/h4-6,8-9,17-20,22H,7,10-16H2,1-3H3,(H2,30,32)(H,37,38)(H,31,33,34)/t17?,18?,19-,20?/m1/s1. The molecule has 2 aliphatic carbocycles. The van der Waals surface area contributed by atoms with E-state index < -0.39 is 6.09 Å². The molecule has 3 aromatic rings. The Balaban J connectivity index is 1.63. The van der Waals surface area contributed by atoms with Crippen molar-refractivity contribution in [2.45, 2.75) is 84.2 Å². The number of anilines is 1. The molecule has 2 aliphatic rings. The van der Waals surface area contributed by atoms with E-state index >= 15 is 0 Å². The highest BCUT2D eigenvalue weighted by Crippen LogP contribution is 2.36. The molecule has 2 heterocycles. The summed E-state index contributed by atoms with van der Waals surface area (Å²) >= 11 is 0. The molecule has 5 rings (SSSR count). The second kappa shape index (κ2) is 11.1. The monoisotopic (exact) mass is 517 g/mol. The Morgan fingerprint density at radius 2 is 1.79 bits per heavy atom. The molecule has 2 saturated carbocycles. The number of amides is 1. The second-order valence-corrected chi connectivity index (χ2v) is 11.3. The van der Waals surface area contributed by atoms with Crippen LogP contribution in [0, 0.1) is 23.2 Å². The molecule has 4 N–H and O–H groups in total. The first kappa shape index (κ1) is 26.1. The van der Waals surface area contributed by atoms with Crippen LogP contribution in [-0.2, 0) is 6.54 Å². The molecule has 202 valence electrons. The summed E-state index contributed by atoms with van der Waals surface area (Å²) < 4.78 is 2.31. The largest absolute Gasteiger partial charge is 0.465 e. The molecule has 0 radical (unpaired) electrons. The van der Waals surface area contributed by atoms with Gasteiger partial charge in [0.15, 0.2) is 23.1 Å². The van der Waals surface area contributed by atoms with Crippen LogP contribution in [0.5, 0.6) is 0 Å². The first-order valence-electron chi connectivity index (χ1n) is 14.0. The van der Waals surface area contributed by atoms with Crippen LogP contribution in [0.4, 0.5) is 10.6 Å². The lowest BCUT2D eigenvalue weighted by Gasteiger charge is -2.32. The highest BCUT2D eigenvalue weighted by Gasteiger charge is 2.29. The fraction of sp³-hybridized carbons (Fsp3) is 0.552. The molecule has 1 unspecified atom stereocenters. The van der Waals surface area contributed by atoms with E-state index in [1.165, 1.54) is 50.5 Å². The Labute approximate surface area is 224 Å². The SMILES string of the molecule is CC1CCC(Cn2c(C(C)c3ccccc3)nc3nc(C(=N)NC(=O)O)nc(N[C@H](C)C4CCC4)c32)CC1. The quantitative estimate of drug-likeness (QED) is 0.214. The van der Waals surface area contributed by atoms with Gasteiger partial charge in [0.25, 0.3) is 0 Å². The van der Waals surface area contributed by atoms with Gasteiger partial charge in [-0.25, -0.2) is 19.7 Å². The average molecular weight is 518 g/mol. The zero-order valence-electron chi connectivity index (χ0n) is 22.6. The summed E-state index contributed by atoms with van der Waals surface area (Å²) in [6.07, 6.45) is 7.15. The third-order valence-electron chi connectivity index (χ3n) is 8.57. The smallest absolute Gasteiger partial charge is 0.410 e. The number of amidine groups is 1. The van der Waals surface area contributed by atoms with Gasteiger partial charge in [0.2, 0.25) is 0 Å². The van der Waals surface area contributed by atoms with Gasteiger partial charge in [0, 0.05) is 18.5 Å². The average Bonchev–Trinajstić information content (AvgIpc) is 3.22. The van der Waals surface area contributed by atoms with Gasteiger partial charge in [-0.2, -0.15) is 0 Å². The van der Waals surface area contributed by atoms with E-state index in [1.807, 2.05) is 18.2 Å². The van der Waals surface area contributed by atoms with Gasteiger partial charge in [-0.05, 0) is 55.9 Å². The van der Waals surface area contributed by atoms with Crippen LogP contribution in [0.25, 0.3) is 11.2 Å². The molecule has 0 saturated heterocycles. The van der Waals surface area contributed by atoms with Gasteiger partial charge >= 0.3 is 6.09 Å². The van der Waals surface area contributed by atoms with Crippen molar-refractivity contribution < 1.29 is 9.90 Å². The lowest BCUT2D eigenvalue weighted by atomic mass is 9.80. The summed E-state index contributed by atoms with van der Waals surface area (Å²) in [7, 11) is 0. The van der Waals surface area contributed by atoms with Crippen LogP contribution in [0.3, 0.4) is 0 Å². The van der Waals surface area contributed by atoms with Gasteiger partial charge in [0.1, 0.15) is 11.3 Å². The number of nitrogens with one attached hydrogen (secondary N) is 3. The zero-order valence-corrected chi connectivity index (χ0v) is 22.6. The van der Waals surface area contributed by atoms with Crippen LogP contribution in [0.15, 0.2) is 30.3 Å². The number of imidazole rings is 1. The van der Waals surface area contributed by atoms with Gasteiger partial charge in [-0.1, -0.05) is 63.4 Å². The number of carboxylic acid groups (broad SMARTS) is 1. The molecule has 0 spiro atoms. The number of carbonyl (C=O) groups is 1. The molecule has 0 aliphatic heterocycles. The van der Waals surface area contributed by atoms with E-state index in [0.717, 1.165) is 23.8 Å². The normalized spacial score (nSPS) is 21.4. The fourth-order valence-electron chi connectivity index (χ4n) is 5.88. The lowest BCUT2D eigenvalue weighted by Crippen LogP contribution is -2.33. The van der Waals surface area contributed by atoms with Crippen molar-refractivity contribution in [1.82, 2.24) is 24.8 Å². The van der Waals surface area contributed by atoms with Crippen molar-refractivity contribution >= 4 is 28.9 Å². The number of rotatable bonds is 8. The van der Waals surface area contributed by atoms with Crippen LogP contribution in [0.2, 0.25) is 0 Å². The Hall–Kier alpha value is -3.49. The van der Waals surface area contributed by atoms with Crippen molar-refractivity contribution in [2.24, 2.45) is 17.8 Å². The number of hydrogen-bond donors (Lipinski definition) is 4. The maximum absolute atomic E-state index is 11.3. The Morgan fingerprint density at radius 1 is 1.08 bits per heavy atom. The number of nitrogens with zero attached hydrogens (tertiary/aromatic N) is 4. The van der Waals surface area contributed by atoms with Crippen molar-refractivity contribution in [3.8, 4) is 0 Å². The lowest BCUT2D eigenvalue weighted by molar-refractivity contribution is 0.200. The molecule has 9 heteroatoms. The van der Waals surface area contributed by atoms with Crippen LogP contribution in [-0.4, -0.2) is 42.6 Å². The summed E-state index contributed by atoms with van der Waals surface area (Å²) in [5.74, 6) is 3.15. The van der Waals surface area contributed by atoms with Gasteiger partial charge in [-0.3, -0.25) is 10.7 Å². The molecule has 2 atom stereocenters. The third-order valence-corrected chi connectivity index (χ3v) is 8.57. The summed E-state index contributed by atoms with van der Waals surface area (Å²) in [5.41, 5.74) is 2.52. The predicted octanol–water partition coefficient (Wildman–Crippen LogP) is 6.00. The highest BCUT2D eigenvalue weighted by atomic mass is 16.4. The van der Waals surface area contributed by atoms with Crippen molar-refractivity contribution in [2.75, 3.05) is 5.32 Å². The first-order chi connectivity index (χ1) is 18.3. The van der Waals surface area contributed by atoms with E-state index in [2.05, 4.69) is 53.1 Å². The van der Waals surface area contributed by atoms with Crippen molar-refractivity contribution in [3.05, 3.63) is 47.5 Å². The molecular formula is C29H39N7O2. The van der Waals surface area contributed by atoms with Gasteiger partial charge in [0.05, 0.1) is 0 Å². The molecule has 2 aromatic heterocycles. The molecule has 9 nitrogen and oxygen atoms in total. The molecule has 0 bridgehead atoms. The maximum atomic E-state index is 11.3. The maximum Gasteiger partial charge on any atom is 0.410 e. The molecule has 1 amide bonds. The summed E-state index contributed by atoms with van der Waals surface area (Å²) in [6, 6.07) is 10.6. The van der Waals surface area contributed by atoms with E-state index in [0.29, 0.717) is 23.3 Å². The Morgan fingerprint density at radius 3 is 2.42 bits per heavy atom. The highest BCUT2D eigenvalue weighted by molar-refractivity contribution is 6.03. The first-order valence-corrected chi connectivity index (χ1v) is 14.0. The van der Waals surface area contributed by atoms with Gasteiger partial charge < -0.3 is 15.0 Å². The van der Waals surface area contributed by atoms with Crippen LogP contribution >= 0.6 is 0 Å². The number of hydrogen-bond acceptors (Lipinski definition) is 6. The number of fused-ring (bicyclic) bond motifs is 1. The molecular weight excluding hydrogens is 478 g/mol. The van der Waals surface area contributed by atoms with Crippen molar-refractivity contribution in [1.29, 1.82) is 5.41 Å². The number of benzene rings is 1. The summed E-state index contributed by atoms with van der Waals surface area (Å²) in [6.45, 7) is 7.53. The Bertz CT molecular complexity index is 1290. The molecule has 2 fully saturated rings. The van der Waals surface area contributed by atoms with Crippen LogP contribution in [0.1, 0.15) is 88.8 Å². The number of aromatic nitrogens is 4. The van der Waals surface area contributed by atoms with E-state index in [4.69, 9.17) is 15.4 Å². The van der Waals surface area contributed by atoms with Crippen LogP contribution < -0.4 is 10.6 Å². The summed E-state index contributed by atoms with van der Waals surface area (Å²) in [4.78, 5) is 25.6. The molecule has 1 aromatic carbocycles. The van der Waals surface area contributed by atoms with E-state index in [-0.39, 0.29) is 23.6 Å². The summed E-state index contributed by atoms with van der Waals surface area (Å²) in [5, 5.41) is 23.2.